The van der Waals surface area contributed by atoms with Gasteiger partial charge >= 0.3 is 0 Å². The van der Waals surface area contributed by atoms with Crippen LogP contribution >= 0.6 is 0 Å². The fourth-order valence-electron chi connectivity index (χ4n) is 8.14. The molecule has 7 aromatic rings. The standard InChI is InChI=1S/C47H37N3/c1-50-45(33-17-6-2-7-18-33)48-44(49-46(50)34-19-8-3-9-20-34)37-22-16-21-35(31-37)36-29-30-41-40-27-14-15-28-42(40)47(43(41)32-36,38-23-10-4-11-24-38)39-25-12-5-13-26-39/h2-32,44-45,48H,1H3. The Morgan fingerprint density at radius 3 is 1.72 bits per heavy atom. The SMILES string of the molecule is CN1C(c2ccccc2)=NC(c2cccc(-c3ccc4c(c3)C(c3ccccc3)(c3ccccc3)c3ccccc3-4)c2)NC1c1ccccc1. The zero-order valence-corrected chi connectivity index (χ0v) is 27.9. The maximum Gasteiger partial charge on any atom is 0.134 e. The molecular weight excluding hydrogens is 607 g/mol. The molecule has 0 spiro atoms. The van der Waals surface area contributed by atoms with Gasteiger partial charge in [-0.2, -0.15) is 0 Å². The number of hydrogen-bond donors (Lipinski definition) is 1. The van der Waals surface area contributed by atoms with Crippen LogP contribution in [-0.4, -0.2) is 17.8 Å². The summed E-state index contributed by atoms with van der Waals surface area (Å²) in [6.45, 7) is 0. The van der Waals surface area contributed by atoms with E-state index in [2.05, 4.69) is 205 Å². The van der Waals surface area contributed by atoms with E-state index in [1.165, 1.54) is 50.1 Å². The van der Waals surface area contributed by atoms with Gasteiger partial charge in [0.1, 0.15) is 18.2 Å². The van der Waals surface area contributed by atoms with E-state index in [1.54, 1.807) is 0 Å². The van der Waals surface area contributed by atoms with Gasteiger partial charge in [0.2, 0.25) is 0 Å². The number of nitrogens with one attached hydrogen (secondary N) is 1. The van der Waals surface area contributed by atoms with Crippen molar-refractivity contribution in [1.29, 1.82) is 0 Å². The molecule has 240 valence electrons. The normalized spacial score (nSPS) is 17.5. The van der Waals surface area contributed by atoms with Gasteiger partial charge in [0.05, 0.1) is 5.41 Å². The molecule has 7 aromatic carbocycles. The van der Waals surface area contributed by atoms with Crippen LogP contribution in [0.4, 0.5) is 0 Å². The lowest BCUT2D eigenvalue weighted by molar-refractivity contribution is 0.257. The van der Waals surface area contributed by atoms with E-state index in [0.29, 0.717) is 0 Å². The lowest BCUT2D eigenvalue weighted by atomic mass is 9.67. The Balaban J connectivity index is 1.18. The fraction of sp³-hybridized carbons (Fsp3) is 0.0851. The number of amidine groups is 1. The van der Waals surface area contributed by atoms with Crippen molar-refractivity contribution in [3.05, 3.63) is 227 Å². The van der Waals surface area contributed by atoms with E-state index >= 15 is 0 Å². The molecule has 0 bridgehead atoms. The van der Waals surface area contributed by atoms with E-state index < -0.39 is 5.41 Å². The van der Waals surface area contributed by atoms with Crippen molar-refractivity contribution >= 4 is 5.84 Å². The Morgan fingerprint density at radius 2 is 1.02 bits per heavy atom. The number of hydrogen-bond acceptors (Lipinski definition) is 3. The topological polar surface area (TPSA) is 27.6 Å². The minimum absolute atomic E-state index is 0.0339. The molecule has 1 N–H and O–H groups in total. The van der Waals surface area contributed by atoms with Crippen molar-refractivity contribution in [3.8, 4) is 22.3 Å². The van der Waals surface area contributed by atoms with E-state index in [-0.39, 0.29) is 12.3 Å². The Hall–Kier alpha value is -6.03. The molecule has 3 nitrogen and oxygen atoms in total. The van der Waals surface area contributed by atoms with Gasteiger partial charge in [0.25, 0.3) is 0 Å². The predicted molar refractivity (Wildman–Crippen MR) is 205 cm³/mol. The molecule has 2 aliphatic rings. The molecule has 0 aromatic heterocycles. The molecule has 2 atom stereocenters. The average Bonchev–Trinajstić information content (AvgIpc) is 3.50. The second kappa shape index (κ2) is 12.5. The van der Waals surface area contributed by atoms with E-state index in [1.807, 2.05) is 0 Å². The summed E-state index contributed by atoms with van der Waals surface area (Å²) in [6, 6.07) is 68.0. The summed E-state index contributed by atoms with van der Waals surface area (Å²) in [5, 5.41) is 3.86. The Morgan fingerprint density at radius 1 is 0.480 bits per heavy atom. The molecule has 50 heavy (non-hydrogen) atoms. The van der Waals surface area contributed by atoms with E-state index in [4.69, 9.17) is 4.99 Å². The quantitative estimate of drug-likeness (QED) is 0.195. The zero-order chi connectivity index (χ0) is 33.5. The van der Waals surface area contributed by atoms with Gasteiger partial charge in [0, 0.05) is 12.6 Å². The minimum Gasteiger partial charge on any atom is -0.340 e. The van der Waals surface area contributed by atoms with Crippen molar-refractivity contribution in [2.75, 3.05) is 7.05 Å². The van der Waals surface area contributed by atoms with Crippen LogP contribution in [0.25, 0.3) is 22.3 Å². The predicted octanol–water partition coefficient (Wildman–Crippen LogP) is 10.4. The summed E-state index contributed by atoms with van der Waals surface area (Å²) >= 11 is 0. The third-order valence-corrected chi connectivity index (χ3v) is 10.4. The lowest BCUT2D eigenvalue weighted by Gasteiger charge is -2.39. The molecule has 2 unspecified atom stereocenters. The average molecular weight is 644 g/mol. The fourth-order valence-corrected chi connectivity index (χ4v) is 8.14. The molecule has 0 fully saturated rings. The highest BCUT2D eigenvalue weighted by Crippen LogP contribution is 2.56. The molecule has 0 saturated heterocycles. The number of aliphatic imine (C=N–C) groups is 1. The van der Waals surface area contributed by atoms with Crippen molar-refractivity contribution in [2.45, 2.75) is 17.7 Å². The van der Waals surface area contributed by atoms with Gasteiger partial charge in [-0.15, -0.1) is 0 Å². The maximum atomic E-state index is 5.33. The van der Waals surface area contributed by atoms with Crippen LogP contribution < -0.4 is 5.32 Å². The minimum atomic E-state index is -0.435. The van der Waals surface area contributed by atoms with Crippen LogP contribution in [0.5, 0.6) is 0 Å². The molecule has 1 heterocycles. The molecule has 0 saturated carbocycles. The largest absolute Gasteiger partial charge is 0.340 e. The smallest absolute Gasteiger partial charge is 0.134 e. The maximum absolute atomic E-state index is 5.33. The van der Waals surface area contributed by atoms with Gasteiger partial charge in [0.15, 0.2) is 0 Å². The first kappa shape index (κ1) is 30.1. The van der Waals surface area contributed by atoms with Gasteiger partial charge in [-0.1, -0.05) is 176 Å². The third-order valence-electron chi connectivity index (χ3n) is 10.4. The Labute approximate surface area is 294 Å². The Bertz CT molecular complexity index is 2270. The number of benzene rings is 7. The monoisotopic (exact) mass is 643 g/mol. The summed E-state index contributed by atoms with van der Waals surface area (Å²) in [4.78, 5) is 7.58. The highest BCUT2D eigenvalue weighted by Gasteiger charge is 2.46. The van der Waals surface area contributed by atoms with Crippen LogP contribution in [0, 0.1) is 0 Å². The first-order valence-corrected chi connectivity index (χ1v) is 17.3. The van der Waals surface area contributed by atoms with Crippen LogP contribution in [-0.2, 0) is 5.41 Å². The summed E-state index contributed by atoms with van der Waals surface area (Å²) < 4.78 is 0. The molecule has 9 rings (SSSR count). The second-order valence-corrected chi connectivity index (χ2v) is 13.2. The first-order valence-electron chi connectivity index (χ1n) is 17.3. The van der Waals surface area contributed by atoms with Crippen LogP contribution in [0.2, 0.25) is 0 Å². The molecular formula is C47H37N3. The first-order chi connectivity index (χ1) is 24.7. The van der Waals surface area contributed by atoms with E-state index in [0.717, 1.165) is 17.0 Å². The second-order valence-electron chi connectivity index (χ2n) is 13.2. The van der Waals surface area contributed by atoms with Crippen LogP contribution in [0.3, 0.4) is 0 Å². The number of fused-ring (bicyclic) bond motifs is 3. The van der Waals surface area contributed by atoms with Crippen LogP contribution in [0.1, 0.15) is 51.3 Å². The van der Waals surface area contributed by atoms with Crippen molar-refractivity contribution in [2.24, 2.45) is 4.99 Å². The highest BCUT2D eigenvalue weighted by molar-refractivity contribution is 5.99. The van der Waals surface area contributed by atoms with Gasteiger partial charge in [-0.05, 0) is 67.8 Å². The molecule has 0 radical (unpaired) electrons. The van der Waals surface area contributed by atoms with Gasteiger partial charge in [-0.3, -0.25) is 5.32 Å². The lowest BCUT2D eigenvalue weighted by Crippen LogP contribution is -2.46. The van der Waals surface area contributed by atoms with Crippen LogP contribution in [0.15, 0.2) is 193 Å². The third kappa shape index (κ3) is 4.89. The summed E-state index contributed by atoms with van der Waals surface area (Å²) in [5.41, 5.74) is 13.1. The van der Waals surface area contributed by atoms with Crippen molar-refractivity contribution in [3.63, 3.8) is 0 Å². The van der Waals surface area contributed by atoms with Gasteiger partial charge in [-0.25, -0.2) is 4.99 Å². The molecule has 1 aliphatic heterocycles. The Kier molecular flexibility index (Phi) is 7.49. The number of rotatable bonds is 6. The molecule has 0 amide bonds. The summed E-state index contributed by atoms with van der Waals surface area (Å²) in [7, 11) is 2.12. The van der Waals surface area contributed by atoms with E-state index in [9.17, 15) is 0 Å². The molecule has 1 aliphatic carbocycles. The zero-order valence-electron chi connectivity index (χ0n) is 27.9. The summed E-state index contributed by atoms with van der Waals surface area (Å²) in [6.07, 6.45) is -0.258. The number of nitrogens with zero attached hydrogens (tertiary/aromatic N) is 2. The van der Waals surface area contributed by atoms with Crippen molar-refractivity contribution < 1.29 is 0 Å². The summed E-state index contributed by atoms with van der Waals surface area (Å²) in [5.74, 6) is 0.972. The molecule has 3 heteroatoms. The van der Waals surface area contributed by atoms with Gasteiger partial charge < -0.3 is 4.90 Å². The van der Waals surface area contributed by atoms with Crippen molar-refractivity contribution in [1.82, 2.24) is 10.2 Å². The highest BCUT2D eigenvalue weighted by atomic mass is 15.4.